The lowest BCUT2D eigenvalue weighted by Gasteiger charge is -2.17. The van der Waals surface area contributed by atoms with E-state index in [1.54, 1.807) is 0 Å². The van der Waals surface area contributed by atoms with Crippen molar-refractivity contribution in [3.05, 3.63) is 42.5 Å². The fourth-order valence-electron chi connectivity index (χ4n) is 2.43. The number of hydrogen-bond donors (Lipinski definition) is 0. The van der Waals surface area contributed by atoms with Gasteiger partial charge < -0.3 is 4.74 Å². The van der Waals surface area contributed by atoms with Gasteiger partial charge in [0.25, 0.3) is 0 Å². The van der Waals surface area contributed by atoms with Crippen LogP contribution in [0, 0.1) is 5.92 Å². The first kappa shape index (κ1) is 16.2. The lowest BCUT2D eigenvalue weighted by atomic mass is 10.0. The number of cyclic esters (lactones) is 1. The van der Waals surface area contributed by atoms with Crippen molar-refractivity contribution in [2.75, 3.05) is 6.61 Å². The first-order chi connectivity index (χ1) is 10.3. The molecule has 1 saturated heterocycles. The second kappa shape index (κ2) is 8.93. The Bertz CT molecular complexity index is 456. The highest BCUT2D eigenvalue weighted by atomic mass is 32.2. The summed E-state index contributed by atoms with van der Waals surface area (Å²) >= 11 is 1.83. The van der Waals surface area contributed by atoms with Gasteiger partial charge in [-0.15, -0.1) is 11.8 Å². The Kier molecular flexibility index (Phi) is 6.87. The van der Waals surface area contributed by atoms with Crippen LogP contribution in [0.2, 0.25) is 0 Å². The molecule has 0 radical (unpaired) electrons. The van der Waals surface area contributed by atoms with Gasteiger partial charge in [0.2, 0.25) is 0 Å². The molecule has 2 nitrogen and oxygen atoms in total. The fourth-order valence-corrected chi connectivity index (χ4v) is 3.62. The number of carbonyl (C=O) groups is 1. The van der Waals surface area contributed by atoms with E-state index in [1.807, 2.05) is 17.8 Å². The molecule has 3 heteroatoms. The van der Waals surface area contributed by atoms with E-state index in [4.69, 9.17) is 4.74 Å². The molecule has 2 unspecified atom stereocenters. The van der Waals surface area contributed by atoms with Gasteiger partial charge in [0.05, 0.1) is 13.0 Å². The van der Waals surface area contributed by atoms with E-state index in [-0.39, 0.29) is 5.97 Å². The topological polar surface area (TPSA) is 26.3 Å². The normalized spacial score (nSPS) is 19.9. The minimum Gasteiger partial charge on any atom is -0.465 e. The number of unbranched alkanes of at least 4 members (excludes halogenated alkanes) is 3. The molecule has 0 spiro atoms. The van der Waals surface area contributed by atoms with Crippen LogP contribution in [0.25, 0.3) is 0 Å². The van der Waals surface area contributed by atoms with Crippen molar-refractivity contribution in [1.29, 1.82) is 0 Å². The predicted molar refractivity (Wildman–Crippen MR) is 88.4 cm³/mol. The van der Waals surface area contributed by atoms with Crippen molar-refractivity contribution in [1.82, 2.24) is 0 Å². The number of thioether (sulfide) groups is 1. The van der Waals surface area contributed by atoms with E-state index in [0.29, 0.717) is 24.2 Å². The van der Waals surface area contributed by atoms with E-state index in [1.165, 1.54) is 24.2 Å². The summed E-state index contributed by atoms with van der Waals surface area (Å²) in [7, 11) is 0. The molecular weight excluding hydrogens is 280 g/mol. The molecule has 0 N–H and O–H groups in total. The number of rotatable bonds is 8. The highest BCUT2D eigenvalue weighted by molar-refractivity contribution is 8.00. The minimum atomic E-state index is -0.0574. The molecule has 2 rings (SSSR count). The third-order valence-electron chi connectivity index (χ3n) is 3.67. The van der Waals surface area contributed by atoms with Crippen LogP contribution in [0.5, 0.6) is 0 Å². The fraction of sp³-hybridized carbons (Fsp3) is 0.500. The van der Waals surface area contributed by atoms with Crippen molar-refractivity contribution in [3.63, 3.8) is 0 Å². The Hall–Kier alpha value is -1.22. The van der Waals surface area contributed by atoms with Crippen LogP contribution >= 0.6 is 11.8 Å². The largest absolute Gasteiger partial charge is 0.465 e. The smallest absolute Gasteiger partial charge is 0.306 e. The number of benzene rings is 1. The number of hydrogen-bond acceptors (Lipinski definition) is 3. The highest BCUT2D eigenvalue weighted by Gasteiger charge is 2.30. The summed E-state index contributed by atoms with van der Waals surface area (Å²) in [5.74, 6) is 0.239. The average molecular weight is 304 g/mol. The van der Waals surface area contributed by atoms with Gasteiger partial charge in [0.1, 0.15) is 0 Å². The van der Waals surface area contributed by atoms with Gasteiger partial charge in [-0.05, 0) is 25.0 Å². The number of carbonyl (C=O) groups excluding carboxylic acids is 1. The molecule has 1 aliphatic rings. The van der Waals surface area contributed by atoms with E-state index in [0.717, 1.165) is 6.42 Å². The molecule has 21 heavy (non-hydrogen) atoms. The summed E-state index contributed by atoms with van der Waals surface area (Å²) in [4.78, 5) is 12.6. The summed E-state index contributed by atoms with van der Waals surface area (Å²) < 4.78 is 5.14. The third kappa shape index (κ3) is 5.58. The third-order valence-corrected chi connectivity index (χ3v) is 5.03. The summed E-state index contributed by atoms with van der Waals surface area (Å²) in [5, 5.41) is 0.320. The zero-order valence-electron chi connectivity index (χ0n) is 12.7. The molecule has 114 valence electrons. The quantitative estimate of drug-likeness (QED) is 0.297. The van der Waals surface area contributed by atoms with E-state index >= 15 is 0 Å². The molecule has 1 aromatic rings. The zero-order valence-corrected chi connectivity index (χ0v) is 13.5. The standard InChI is InChI=1S/C18H24O2S/c1-2-3-4-5-9-12-17(15-13-18(19)20-14-15)21-16-10-7-6-8-11-16/h6-12,15,17H,2-5,13-14H2,1H3/b12-9+. The van der Waals surface area contributed by atoms with Crippen LogP contribution in [0.4, 0.5) is 0 Å². The number of allylic oxidation sites excluding steroid dienone is 1. The molecule has 1 aliphatic heterocycles. The molecule has 0 saturated carbocycles. The monoisotopic (exact) mass is 304 g/mol. The Balaban J connectivity index is 1.95. The Labute approximate surface area is 132 Å². The van der Waals surface area contributed by atoms with Crippen LogP contribution < -0.4 is 0 Å². The summed E-state index contributed by atoms with van der Waals surface area (Å²) in [6.07, 6.45) is 10.0. The second-order valence-corrected chi connectivity index (χ2v) is 6.72. The van der Waals surface area contributed by atoms with Crippen molar-refractivity contribution in [3.8, 4) is 0 Å². The summed E-state index contributed by atoms with van der Waals surface area (Å²) in [5.41, 5.74) is 0. The van der Waals surface area contributed by atoms with E-state index in [2.05, 4.69) is 43.3 Å². The van der Waals surface area contributed by atoms with Gasteiger partial charge in [-0.1, -0.05) is 50.1 Å². The lowest BCUT2D eigenvalue weighted by molar-refractivity contribution is -0.137. The van der Waals surface area contributed by atoms with Gasteiger partial charge in [0, 0.05) is 16.1 Å². The van der Waals surface area contributed by atoms with Crippen LogP contribution in [-0.2, 0) is 9.53 Å². The molecule has 1 fully saturated rings. The van der Waals surface area contributed by atoms with Crippen LogP contribution in [0.1, 0.15) is 39.0 Å². The summed E-state index contributed by atoms with van der Waals surface area (Å²) in [6, 6.07) is 10.4. The van der Waals surface area contributed by atoms with Gasteiger partial charge in [-0.3, -0.25) is 4.79 Å². The molecule has 0 aromatic heterocycles. The molecular formula is C18H24O2S. The van der Waals surface area contributed by atoms with Crippen molar-refractivity contribution < 1.29 is 9.53 Å². The van der Waals surface area contributed by atoms with Gasteiger partial charge in [-0.25, -0.2) is 0 Å². The van der Waals surface area contributed by atoms with Gasteiger partial charge in [-0.2, -0.15) is 0 Å². The van der Waals surface area contributed by atoms with Crippen molar-refractivity contribution in [2.45, 2.75) is 49.2 Å². The molecule has 0 aliphatic carbocycles. The van der Waals surface area contributed by atoms with Crippen LogP contribution in [0.3, 0.4) is 0 Å². The average Bonchev–Trinajstić information content (AvgIpc) is 2.93. The second-order valence-electron chi connectivity index (χ2n) is 5.47. The number of ether oxygens (including phenoxy) is 1. The maximum absolute atomic E-state index is 11.4. The first-order valence-corrected chi connectivity index (χ1v) is 8.71. The van der Waals surface area contributed by atoms with E-state index in [9.17, 15) is 4.79 Å². The summed E-state index contributed by atoms with van der Waals surface area (Å²) in [6.45, 7) is 2.78. The highest BCUT2D eigenvalue weighted by Crippen LogP contribution is 2.33. The predicted octanol–water partition coefficient (Wildman–Crippen LogP) is 4.85. The molecule has 1 heterocycles. The maximum atomic E-state index is 11.4. The minimum absolute atomic E-state index is 0.0574. The Morgan fingerprint density at radius 3 is 2.81 bits per heavy atom. The SMILES string of the molecule is CCCCC/C=C/C(Sc1ccccc1)C1COC(=O)C1. The Morgan fingerprint density at radius 1 is 1.33 bits per heavy atom. The maximum Gasteiger partial charge on any atom is 0.306 e. The Morgan fingerprint density at radius 2 is 2.14 bits per heavy atom. The molecule has 1 aromatic carbocycles. The van der Waals surface area contributed by atoms with Crippen LogP contribution in [0.15, 0.2) is 47.4 Å². The van der Waals surface area contributed by atoms with Gasteiger partial charge in [0.15, 0.2) is 0 Å². The lowest BCUT2D eigenvalue weighted by Crippen LogP contribution is -2.15. The number of esters is 1. The molecule has 0 bridgehead atoms. The van der Waals surface area contributed by atoms with Crippen molar-refractivity contribution in [2.24, 2.45) is 5.92 Å². The van der Waals surface area contributed by atoms with Gasteiger partial charge >= 0.3 is 5.97 Å². The van der Waals surface area contributed by atoms with Crippen molar-refractivity contribution >= 4 is 17.7 Å². The zero-order chi connectivity index (χ0) is 14.9. The van der Waals surface area contributed by atoms with Crippen LogP contribution in [-0.4, -0.2) is 17.8 Å². The first-order valence-electron chi connectivity index (χ1n) is 7.83. The molecule has 2 atom stereocenters. The van der Waals surface area contributed by atoms with E-state index < -0.39 is 0 Å². The molecule has 0 amide bonds.